The highest BCUT2D eigenvalue weighted by Gasteiger charge is 2.09. The van der Waals surface area contributed by atoms with E-state index in [0.717, 1.165) is 6.42 Å². The summed E-state index contributed by atoms with van der Waals surface area (Å²) in [7, 11) is 0. The molecule has 1 unspecified atom stereocenters. The fourth-order valence-electron chi connectivity index (χ4n) is 0.883. The maximum absolute atomic E-state index is 8.50. The molecule has 0 saturated carbocycles. The molecule has 0 rings (SSSR count). The van der Waals surface area contributed by atoms with Crippen LogP contribution in [0.25, 0.3) is 0 Å². The molecule has 0 aliphatic carbocycles. The second-order valence-corrected chi connectivity index (χ2v) is 2.52. The standard InChI is InChI=1S/C7H17N3O2/c1-2-6(7(8)10-12)9-4-3-5-11/h6,9,11-12H,2-5H2,1H3,(H2,8,10). The number of aliphatic hydroxyl groups excluding tert-OH is 1. The van der Waals surface area contributed by atoms with Gasteiger partial charge >= 0.3 is 0 Å². The highest BCUT2D eigenvalue weighted by atomic mass is 16.4. The second kappa shape index (κ2) is 6.87. The molecule has 0 aromatic heterocycles. The molecule has 0 saturated heterocycles. The Morgan fingerprint density at radius 2 is 2.33 bits per heavy atom. The molecule has 0 amide bonds. The summed E-state index contributed by atoms with van der Waals surface area (Å²) >= 11 is 0. The molecule has 5 heteroatoms. The Balaban J connectivity index is 3.68. The third-order valence-corrected chi connectivity index (χ3v) is 1.61. The quantitative estimate of drug-likeness (QED) is 0.144. The number of nitrogens with zero attached hydrogens (tertiary/aromatic N) is 1. The smallest absolute Gasteiger partial charge is 0.156 e. The van der Waals surface area contributed by atoms with E-state index in [1.54, 1.807) is 0 Å². The lowest BCUT2D eigenvalue weighted by molar-refractivity contribution is 0.284. The van der Waals surface area contributed by atoms with E-state index in [1.165, 1.54) is 0 Å². The fourth-order valence-corrected chi connectivity index (χ4v) is 0.883. The molecule has 0 heterocycles. The molecule has 12 heavy (non-hydrogen) atoms. The summed E-state index contributed by atoms with van der Waals surface area (Å²) < 4.78 is 0. The molecular formula is C7H17N3O2. The average Bonchev–Trinajstić information content (AvgIpc) is 2.11. The van der Waals surface area contributed by atoms with E-state index < -0.39 is 0 Å². The van der Waals surface area contributed by atoms with Crippen molar-refractivity contribution >= 4 is 5.84 Å². The first-order valence-corrected chi connectivity index (χ1v) is 4.07. The maximum atomic E-state index is 8.50. The first kappa shape index (κ1) is 11.2. The lowest BCUT2D eigenvalue weighted by Crippen LogP contribution is -2.41. The molecule has 5 N–H and O–H groups in total. The van der Waals surface area contributed by atoms with Gasteiger partial charge in [-0.25, -0.2) is 0 Å². The van der Waals surface area contributed by atoms with E-state index in [2.05, 4.69) is 10.5 Å². The maximum Gasteiger partial charge on any atom is 0.156 e. The van der Waals surface area contributed by atoms with Gasteiger partial charge in [0.15, 0.2) is 5.84 Å². The zero-order valence-corrected chi connectivity index (χ0v) is 7.32. The highest BCUT2D eigenvalue weighted by Crippen LogP contribution is 1.90. The van der Waals surface area contributed by atoms with Gasteiger partial charge in [0.1, 0.15) is 0 Å². The van der Waals surface area contributed by atoms with Gasteiger partial charge in [0.05, 0.1) is 6.04 Å². The van der Waals surface area contributed by atoms with Gasteiger partial charge in [0, 0.05) is 6.61 Å². The Bertz CT molecular complexity index is 139. The minimum absolute atomic E-state index is 0.0958. The monoisotopic (exact) mass is 175 g/mol. The van der Waals surface area contributed by atoms with Crippen LogP contribution < -0.4 is 11.1 Å². The zero-order chi connectivity index (χ0) is 9.40. The van der Waals surface area contributed by atoms with E-state index in [1.807, 2.05) is 6.92 Å². The number of rotatable bonds is 6. The van der Waals surface area contributed by atoms with Crippen molar-refractivity contribution in [3.05, 3.63) is 0 Å². The van der Waals surface area contributed by atoms with Gasteiger partial charge < -0.3 is 21.4 Å². The van der Waals surface area contributed by atoms with E-state index in [-0.39, 0.29) is 18.5 Å². The van der Waals surface area contributed by atoms with Crippen LogP contribution in [0.3, 0.4) is 0 Å². The van der Waals surface area contributed by atoms with Crippen LogP contribution in [0.15, 0.2) is 5.16 Å². The van der Waals surface area contributed by atoms with Crippen molar-refractivity contribution < 1.29 is 10.3 Å². The molecule has 5 nitrogen and oxygen atoms in total. The van der Waals surface area contributed by atoms with E-state index >= 15 is 0 Å². The number of hydrogen-bond donors (Lipinski definition) is 4. The normalized spacial score (nSPS) is 14.7. The van der Waals surface area contributed by atoms with Crippen molar-refractivity contribution in [2.45, 2.75) is 25.8 Å². The van der Waals surface area contributed by atoms with E-state index in [9.17, 15) is 0 Å². The lowest BCUT2D eigenvalue weighted by Gasteiger charge is -2.14. The van der Waals surface area contributed by atoms with Crippen LogP contribution in [-0.4, -0.2) is 35.3 Å². The molecule has 1 atom stereocenters. The van der Waals surface area contributed by atoms with Crippen LogP contribution in [0, 0.1) is 0 Å². The number of oxime groups is 1. The molecule has 0 aromatic rings. The summed E-state index contributed by atoms with van der Waals surface area (Å²) in [6.07, 6.45) is 1.44. The summed E-state index contributed by atoms with van der Waals surface area (Å²) in [5, 5.41) is 22.8. The third-order valence-electron chi connectivity index (χ3n) is 1.61. The van der Waals surface area contributed by atoms with Gasteiger partial charge in [0.2, 0.25) is 0 Å². The van der Waals surface area contributed by atoms with Crippen LogP contribution in [0.4, 0.5) is 0 Å². The Hall–Kier alpha value is -0.810. The van der Waals surface area contributed by atoms with E-state index in [0.29, 0.717) is 13.0 Å². The summed E-state index contributed by atoms with van der Waals surface area (Å²) in [5.41, 5.74) is 5.38. The van der Waals surface area contributed by atoms with Crippen LogP contribution in [0.1, 0.15) is 19.8 Å². The van der Waals surface area contributed by atoms with Gasteiger partial charge in [0.25, 0.3) is 0 Å². The topological polar surface area (TPSA) is 90.9 Å². The number of nitrogens with one attached hydrogen (secondary N) is 1. The van der Waals surface area contributed by atoms with Crippen LogP contribution in [-0.2, 0) is 0 Å². The summed E-state index contributed by atoms with van der Waals surface area (Å²) in [4.78, 5) is 0. The number of hydrogen-bond acceptors (Lipinski definition) is 4. The molecule has 0 aliphatic rings. The molecule has 0 aliphatic heterocycles. The van der Waals surface area contributed by atoms with Crippen LogP contribution in [0.5, 0.6) is 0 Å². The molecule has 72 valence electrons. The van der Waals surface area contributed by atoms with Crippen LogP contribution in [0.2, 0.25) is 0 Å². The summed E-state index contributed by atoms with van der Waals surface area (Å²) in [6.45, 7) is 2.76. The van der Waals surface area contributed by atoms with Crippen molar-refractivity contribution in [3.63, 3.8) is 0 Å². The highest BCUT2D eigenvalue weighted by molar-refractivity contribution is 5.85. The van der Waals surface area contributed by atoms with Crippen molar-refractivity contribution in [2.24, 2.45) is 10.9 Å². The Labute approximate surface area is 72.3 Å². The summed E-state index contributed by atoms with van der Waals surface area (Å²) in [5.74, 6) is 0.190. The van der Waals surface area contributed by atoms with Gasteiger partial charge in [-0.1, -0.05) is 12.1 Å². The Kier molecular flexibility index (Phi) is 6.41. The Morgan fingerprint density at radius 1 is 1.67 bits per heavy atom. The number of nitrogens with two attached hydrogens (primary N) is 1. The SMILES string of the molecule is CCC(NCCCO)C(N)=NO. The average molecular weight is 175 g/mol. The van der Waals surface area contributed by atoms with Gasteiger partial charge in [-0.15, -0.1) is 0 Å². The molecule has 0 bridgehead atoms. The zero-order valence-electron chi connectivity index (χ0n) is 7.32. The van der Waals surface area contributed by atoms with Crippen molar-refractivity contribution in [1.29, 1.82) is 0 Å². The second-order valence-electron chi connectivity index (χ2n) is 2.52. The predicted octanol–water partition coefficient (Wildman–Crippen LogP) is -0.517. The minimum atomic E-state index is -0.0958. The molecule has 0 fully saturated rings. The first-order chi connectivity index (χ1) is 5.76. The molecule has 0 aromatic carbocycles. The molecule has 0 spiro atoms. The Morgan fingerprint density at radius 3 is 2.75 bits per heavy atom. The third kappa shape index (κ3) is 4.15. The van der Waals surface area contributed by atoms with Crippen molar-refractivity contribution in [2.75, 3.05) is 13.2 Å². The first-order valence-electron chi connectivity index (χ1n) is 4.07. The largest absolute Gasteiger partial charge is 0.409 e. The van der Waals surface area contributed by atoms with E-state index in [4.69, 9.17) is 16.0 Å². The van der Waals surface area contributed by atoms with Crippen molar-refractivity contribution in [3.8, 4) is 0 Å². The fraction of sp³-hybridized carbons (Fsp3) is 0.857. The summed E-state index contributed by atoms with van der Waals surface area (Å²) in [6, 6.07) is -0.0958. The van der Waals surface area contributed by atoms with Gasteiger partial charge in [-0.05, 0) is 19.4 Å². The van der Waals surface area contributed by atoms with Gasteiger partial charge in [-0.2, -0.15) is 0 Å². The van der Waals surface area contributed by atoms with Crippen LogP contribution >= 0.6 is 0 Å². The van der Waals surface area contributed by atoms with Crippen molar-refractivity contribution in [1.82, 2.24) is 5.32 Å². The van der Waals surface area contributed by atoms with Gasteiger partial charge in [-0.3, -0.25) is 0 Å². The lowest BCUT2D eigenvalue weighted by atomic mass is 10.2. The minimum Gasteiger partial charge on any atom is -0.409 e. The predicted molar refractivity (Wildman–Crippen MR) is 47.2 cm³/mol. The number of amidine groups is 1. The number of aliphatic hydroxyl groups is 1. The molecular weight excluding hydrogens is 158 g/mol. The molecule has 0 radical (unpaired) electrons.